The van der Waals surface area contributed by atoms with Gasteiger partial charge in [0.1, 0.15) is 13.2 Å². The fourth-order valence-corrected chi connectivity index (χ4v) is 3.31. The average molecular weight is 294 g/mol. The molecule has 0 radical (unpaired) electrons. The van der Waals surface area contributed by atoms with Crippen molar-refractivity contribution >= 4 is 7.60 Å². The van der Waals surface area contributed by atoms with Crippen molar-refractivity contribution in [2.45, 2.75) is 40.0 Å². The van der Waals surface area contributed by atoms with Gasteiger partial charge >= 0.3 is 7.60 Å². The number of hydrogen-bond donors (Lipinski definition) is 1. The van der Waals surface area contributed by atoms with Gasteiger partial charge in [0, 0.05) is 0 Å². The molecule has 0 amide bonds. The van der Waals surface area contributed by atoms with E-state index in [1.54, 1.807) is 0 Å². The molecule has 0 spiro atoms. The lowest BCUT2D eigenvalue weighted by molar-refractivity contribution is -0.870. The Kier molecular flexibility index (Phi) is 8.46. The summed E-state index contributed by atoms with van der Waals surface area (Å²) in [7, 11) is 2.72. The lowest BCUT2D eigenvalue weighted by Crippen LogP contribution is -2.37. The molecule has 4 nitrogen and oxygen atoms in total. The Morgan fingerprint density at radius 1 is 1.16 bits per heavy atom. The first-order valence-corrected chi connectivity index (χ1v) is 9.05. The average Bonchev–Trinajstić information content (AvgIpc) is 2.12. The number of rotatable bonds is 10. The van der Waals surface area contributed by atoms with E-state index in [0.29, 0.717) is 12.5 Å². The van der Waals surface area contributed by atoms with E-state index in [4.69, 9.17) is 4.52 Å². The van der Waals surface area contributed by atoms with E-state index in [1.165, 1.54) is 6.42 Å². The molecule has 0 fully saturated rings. The molecule has 116 valence electrons. The summed E-state index contributed by atoms with van der Waals surface area (Å²) in [4.78, 5) is 9.82. The predicted octanol–water partition coefficient (Wildman–Crippen LogP) is 3.36. The highest BCUT2D eigenvalue weighted by Gasteiger charge is 2.23. The summed E-state index contributed by atoms with van der Waals surface area (Å²) in [5.41, 5.74) is 0. The predicted molar refractivity (Wildman–Crippen MR) is 81.4 cm³/mol. The largest absolute Gasteiger partial charge is 0.329 e. The van der Waals surface area contributed by atoms with E-state index >= 15 is 0 Å². The van der Waals surface area contributed by atoms with Crippen molar-refractivity contribution in [2.75, 3.05) is 40.5 Å². The molecule has 1 N–H and O–H groups in total. The molecule has 0 aliphatic rings. The molecule has 19 heavy (non-hydrogen) atoms. The van der Waals surface area contributed by atoms with Crippen LogP contribution in [0.4, 0.5) is 0 Å². The third-order valence-electron chi connectivity index (χ3n) is 3.08. The Morgan fingerprint density at radius 2 is 1.74 bits per heavy atom. The maximum absolute atomic E-state index is 11.9. The van der Waals surface area contributed by atoms with E-state index < -0.39 is 7.60 Å². The molecular formula is C14H33NO3P+. The lowest BCUT2D eigenvalue weighted by Gasteiger charge is -2.24. The van der Waals surface area contributed by atoms with E-state index in [0.717, 1.165) is 23.9 Å². The van der Waals surface area contributed by atoms with Crippen LogP contribution in [0.2, 0.25) is 0 Å². The first-order valence-electron chi connectivity index (χ1n) is 7.28. The topological polar surface area (TPSA) is 46.5 Å². The molecule has 0 saturated heterocycles. The highest BCUT2D eigenvalue weighted by molar-refractivity contribution is 7.52. The van der Waals surface area contributed by atoms with Crippen LogP contribution in [0, 0.1) is 11.8 Å². The highest BCUT2D eigenvalue weighted by atomic mass is 31.2. The Balaban J connectivity index is 3.91. The van der Waals surface area contributed by atoms with E-state index in [2.05, 4.69) is 13.8 Å². The maximum Gasteiger partial charge on any atom is 0.328 e. The van der Waals surface area contributed by atoms with Gasteiger partial charge in [-0.1, -0.05) is 40.0 Å². The molecule has 0 aromatic heterocycles. The number of nitrogens with zero attached hydrogens (tertiary/aromatic N) is 1. The van der Waals surface area contributed by atoms with Gasteiger partial charge in [-0.05, 0) is 11.8 Å². The van der Waals surface area contributed by atoms with E-state index in [9.17, 15) is 9.46 Å². The molecule has 0 aromatic rings. The zero-order valence-corrected chi connectivity index (χ0v) is 14.4. The molecule has 2 unspecified atom stereocenters. The molecule has 0 aliphatic heterocycles. The van der Waals surface area contributed by atoms with E-state index in [-0.39, 0.29) is 12.1 Å². The van der Waals surface area contributed by atoms with Gasteiger partial charge in [0.25, 0.3) is 0 Å². The molecule has 0 rings (SSSR count). The smallest absolute Gasteiger partial charge is 0.328 e. The summed E-state index contributed by atoms with van der Waals surface area (Å²) in [6.07, 6.45) is 3.59. The Morgan fingerprint density at radius 3 is 2.21 bits per heavy atom. The molecule has 5 heteroatoms. The maximum atomic E-state index is 11.9. The summed E-state index contributed by atoms with van der Waals surface area (Å²) in [6, 6.07) is 0. The van der Waals surface area contributed by atoms with Gasteiger partial charge in [-0.25, -0.2) is 0 Å². The van der Waals surface area contributed by atoms with Crippen LogP contribution in [0.15, 0.2) is 0 Å². The fraction of sp³-hybridized carbons (Fsp3) is 1.00. The first-order chi connectivity index (χ1) is 8.52. The lowest BCUT2D eigenvalue weighted by atomic mass is 10.0. The van der Waals surface area contributed by atoms with Crippen LogP contribution in [0.3, 0.4) is 0 Å². The van der Waals surface area contributed by atoms with E-state index in [1.807, 2.05) is 28.1 Å². The van der Waals surface area contributed by atoms with Crippen LogP contribution in [-0.2, 0) is 9.09 Å². The van der Waals surface area contributed by atoms with Crippen LogP contribution in [-0.4, -0.2) is 49.8 Å². The molecule has 0 saturated carbocycles. The summed E-state index contributed by atoms with van der Waals surface area (Å²) in [5.74, 6) is 0.952. The minimum absolute atomic E-state index is 0.249. The molecule has 0 heterocycles. The normalized spacial score (nSPS) is 17.5. The second kappa shape index (κ2) is 8.41. The van der Waals surface area contributed by atoms with Crippen molar-refractivity contribution in [3.8, 4) is 0 Å². The molecule has 0 bridgehead atoms. The zero-order chi connectivity index (χ0) is 15.1. The fourth-order valence-electron chi connectivity index (χ4n) is 1.87. The standard InChI is InChI=1S/C14H32NO3P/c1-13(2)8-7-9-14(3)12-19(16,17)18-11-10-15(4,5)6/h13-14H,7-12H2,1-6H3/p+1. The van der Waals surface area contributed by atoms with Crippen LogP contribution >= 0.6 is 7.60 Å². The van der Waals surface area contributed by atoms with Crippen molar-refractivity contribution in [3.05, 3.63) is 0 Å². The Hall–Kier alpha value is 0.110. The summed E-state index contributed by atoms with van der Waals surface area (Å²) >= 11 is 0. The third-order valence-corrected chi connectivity index (χ3v) is 4.75. The number of quaternary nitrogens is 1. The third kappa shape index (κ3) is 12.9. The van der Waals surface area contributed by atoms with Gasteiger partial charge < -0.3 is 13.9 Å². The SMILES string of the molecule is CC(C)CCCC(C)CP(=O)(O)OCC[N+](C)(C)C. The zero-order valence-electron chi connectivity index (χ0n) is 13.6. The monoisotopic (exact) mass is 294 g/mol. The van der Waals surface area contributed by atoms with Crippen LogP contribution < -0.4 is 0 Å². The summed E-state index contributed by atoms with van der Waals surface area (Å²) in [6.45, 7) is 7.53. The second-order valence-electron chi connectivity index (χ2n) is 7.10. The number of hydrogen-bond acceptors (Lipinski definition) is 2. The van der Waals surface area contributed by atoms with Gasteiger partial charge in [-0.15, -0.1) is 0 Å². The second-order valence-corrected chi connectivity index (χ2v) is 9.00. The molecule has 0 aromatic carbocycles. The van der Waals surface area contributed by atoms with Gasteiger partial charge in [0.05, 0.1) is 27.3 Å². The summed E-state index contributed by atoms with van der Waals surface area (Å²) in [5, 5.41) is 0. The molecule has 2 atom stereocenters. The number of likely N-dealkylation sites (N-methyl/N-ethyl adjacent to an activating group) is 1. The molecular weight excluding hydrogens is 261 g/mol. The minimum Gasteiger partial charge on any atom is -0.329 e. The Labute approximate surface area is 119 Å². The van der Waals surface area contributed by atoms with Crippen molar-refractivity contribution in [2.24, 2.45) is 11.8 Å². The van der Waals surface area contributed by atoms with Crippen LogP contribution in [0.1, 0.15) is 40.0 Å². The van der Waals surface area contributed by atoms with Crippen LogP contribution in [0.25, 0.3) is 0 Å². The minimum atomic E-state index is -3.41. The Bertz CT molecular complexity index is 287. The summed E-state index contributed by atoms with van der Waals surface area (Å²) < 4.78 is 17.9. The van der Waals surface area contributed by atoms with Gasteiger partial charge in [-0.2, -0.15) is 0 Å². The quantitative estimate of drug-likeness (QED) is 0.496. The van der Waals surface area contributed by atoms with Crippen molar-refractivity contribution < 1.29 is 18.5 Å². The van der Waals surface area contributed by atoms with Crippen molar-refractivity contribution in [3.63, 3.8) is 0 Å². The van der Waals surface area contributed by atoms with Crippen molar-refractivity contribution in [1.29, 1.82) is 0 Å². The van der Waals surface area contributed by atoms with Gasteiger partial charge in [0.2, 0.25) is 0 Å². The highest BCUT2D eigenvalue weighted by Crippen LogP contribution is 2.44. The van der Waals surface area contributed by atoms with Gasteiger partial charge in [-0.3, -0.25) is 4.57 Å². The first kappa shape index (κ1) is 19.1. The molecule has 0 aliphatic carbocycles. The van der Waals surface area contributed by atoms with Crippen molar-refractivity contribution in [1.82, 2.24) is 0 Å². The van der Waals surface area contributed by atoms with Gasteiger partial charge in [0.15, 0.2) is 0 Å². The van der Waals surface area contributed by atoms with Crippen LogP contribution in [0.5, 0.6) is 0 Å².